The number of carbonyl (C=O) groups is 1. The van der Waals surface area contributed by atoms with E-state index >= 15 is 0 Å². The van der Waals surface area contributed by atoms with Gasteiger partial charge in [0.25, 0.3) is 5.91 Å². The van der Waals surface area contributed by atoms with Crippen LogP contribution in [0.3, 0.4) is 0 Å². The predicted molar refractivity (Wildman–Crippen MR) is 91.4 cm³/mol. The molecule has 0 atom stereocenters. The Balaban J connectivity index is 1.76. The van der Waals surface area contributed by atoms with Crippen LogP contribution in [0.2, 0.25) is 5.02 Å². The maximum absolute atomic E-state index is 11.8. The molecule has 23 heavy (non-hydrogen) atoms. The highest BCUT2D eigenvalue weighted by Gasteiger charge is 2.06. The second-order valence-electron chi connectivity index (χ2n) is 5.16. The fourth-order valence-electron chi connectivity index (χ4n) is 2.17. The molecule has 0 heterocycles. The third-order valence-corrected chi connectivity index (χ3v) is 3.59. The number of amides is 1. The Bertz CT molecular complexity index is 656. The van der Waals surface area contributed by atoms with Gasteiger partial charge >= 0.3 is 0 Å². The van der Waals surface area contributed by atoms with Gasteiger partial charge in [-0.15, -0.1) is 0 Å². The van der Waals surface area contributed by atoms with E-state index in [1.807, 2.05) is 19.1 Å². The standard InChI is InChI=1S/C18H20ClNO3/c1-13-3-8-17(22-2)14(11-13)9-10-20-18(21)12-23-16-6-4-15(19)5-7-16/h3-8,11H,9-10,12H2,1-2H3,(H,20,21). The minimum Gasteiger partial charge on any atom is -0.496 e. The van der Waals surface area contributed by atoms with Gasteiger partial charge < -0.3 is 14.8 Å². The average Bonchev–Trinajstić information content (AvgIpc) is 2.54. The third-order valence-electron chi connectivity index (χ3n) is 3.34. The van der Waals surface area contributed by atoms with Gasteiger partial charge in [-0.05, 0) is 49.2 Å². The summed E-state index contributed by atoms with van der Waals surface area (Å²) in [5, 5.41) is 3.47. The lowest BCUT2D eigenvalue weighted by Crippen LogP contribution is -2.30. The molecular weight excluding hydrogens is 314 g/mol. The van der Waals surface area contributed by atoms with E-state index in [2.05, 4.69) is 11.4 Å². The van der Waals surface area contributed by atoms with Crippen LogP contribution >= 0.6 is 11.6 Å². The molecule has 0 aliphatic heterocycles. The van der Waals surface area contributed by atoms with Crippen LogP contribution in [0.4, 0.5) is 0 Å². The van der Waals surface area contributed by atoms with Crippen molar-refractivity contribution < 1.29 is 14.3 Å². The molecule has 1 amide bonds. The van der Waals surface area contributed by atoms with Gasteiger partial charge in [-0.2, -0.15) is 0 Å². The van der Waals surface area contributed by atoms with E-state index in [1.54, 1.807) is 31.4 Å². The van der Waals surface area contributed by atoms with E-state index in [1.165, 1.54) is 0 Å². The molecule has 0 aromatic heterocycles. The summed E-state index contributed by atoms with van der Waals surface area (Å²) in [6.45, 7) is 2.54. The highest BCUT2D eigenvalue weighted by molar-refractivity contribution is 6.30. The summed E-state index contributed by atoms with van der Waals surface area (Å²) in [7, 11) is 1.65. The van der Waals surface area contributed by atoms with E-state index in [9.17, 15) is 4.79 Å². The second kappa shape index (κ2) is 8.44. The zero-order valence-electron chi connectivity index (χ0n) is 13.3. The number of hydrogen-bond acceptors (Lipinski definition) is 3. The number of carbonyl (C=O) groups excluding carboxylic acids is 1. The van der Waals surface area contributed by atoms with Crippen molar-refractivity contribution in [3.8, 4) is 11.5 Å². The van der Waals surface area contributed by atoms with Gasteiger partial charge in [0.05, 0.1) is 7.11 Å². The number of nitrogens with one attached hydrogen (secondary N) is 1. The van der Waals surface area contributed by atoms with Crippen LogP contribution < -0.4 is 14.8 Å². The van der Waals surface area contributed by atoms with Gasteiger partial charge in [0.1, 0.15) is 11.5 Å². The molecule has 0 saturated carbocycles. The first kappa shape index (κ1) is 17.2. The summed E-state index contributed by atoms with van der Waals surface area (Å²) in [6, 6.07) is 12.9. The van der Waals surface area contributed by atoms with Gasteiger partial charge in [-0.25, -0.2) is 0 Å². The van der Waals surface area contributed by atoms with Gasteiger partial charge in [-0.3, -0.25) is 4.79 Å². The van der Waals surface area contributed by atoms with Crippen LogP contribution in [0.1, 0.15) is 11.1 Å². The summed E-state index contributed by atoms with van der Waals surface area (Å²) in [6.07, 6.45) is 0.706. The van der Waals surface area contributed by atoms with Crippen molar-refractivity contribution in [2.24, 2.45) is 0 Å². The first-order chi connectivity index (χ1) is 11.1. The highest BCUT2D eigenvalue weighted by atomic mass is 35.5. The predicted octanol–water partition coefficient (Wildman–Crippen LogP) is 3.39. The minimum atomic E-state index is -0.161. The third kappa shape index (κ3) is 5.49. The SMILES string of the molecule is COc1ccc(C)cc1CCNC(=O)COc1ccc(Cl)cc1. The van der Waals surface area contributed by atoms with Crippen molar-refractivity contribution in [3.63, 3.8) is 0 Å². The normalized spacial score (nSPS) is 10.2. The molecule has 0 fully saturated rings. The summed E-state index contributed by atoms with van der Waals surface area (Å²) >= 11 is 5.79. The maximum Gasteiger partial charge on any atom is 0.257 e. The van der Waals surface area contributed by atoms with Crippen molar-refractivity contribution >= 4 is 17.5 Å². The smallest absolute Gasteiger partial charge is 0.257 e. The average molecular weight is 334 g/mol. The van der Waals surface area contributed by atoms with E-state index in [0.29, 0.717) is 23.7 Å². The molecule has 0 aliphatic rings. The summed E-state index contributed by atoms with van der Waals surface area (Å²) in [5.74, 6) is 1.29. The van der Waals surface area contributed by atoms with Crippen molar-refractivity contribution in [1.82, 2.24) is 5.32 Å². The Morgan fingerprint density at radius 1 is 1.17 bits per heavy atom. The molecule has 5 heteroatoms. The highest BCUT2D eigenvalue weighted by Crippen LogP contribution is 2.19. The lowest BCUT2D eigenvalue weighted by atomic mass is 10.1. The zero-order chi connectivity index (χ0) is 16.7. The number of methoxy groups -OCH3 is 1. The van der Waals surface area contributed by atoms with E-state index in [-0.39, 0.29) is 12.5 Å². The molecule has 0 spiro atoms. The molecule has 122 valence electrons. The molecule has 0 unspecified atom stereocenters. The summed E-state index contributed by atoms with van der Waals surface area (Å²) in [5.41, 5.74) is 2.24. The molecule has 0 bridgehead atoms. The number of hydrogen-bond donors (Lipinski definition) is 1. The monoisotopic (exact) mass is 333 g/mol. The van der Waals surface area contributed by atoms with Gasteiger partial charge in [0.15, 0.2) is 6.61 Å². The van der Waals surface area contributed by atoms with Crippen LogP contribution in [-0.2, 0) is 11.2 Å². The molecule has 0 saturated heterocycles. The summed E-state index contributed by atoms with van der Waals surface area (Å²) in [4.78, 5) is 11.8. The van der Waals surface area contributed by atoms with Crippen LogP contribution in [0, 0.1) is 6.92 Å². The molecule has 0 radical (unpaired) electrons. The Kier molecular flexibility index (Phi) is 6.29. The second-order valence-corrected chi connectivity index (χ2v) is 5.59. The van der Waals surface area contributed by atoms with Gasteiger partial charge in [-0.1, -0.05) is 29.3 Å². The maximum atomic E-state index is 11.8. The van der Waals surface area contributed by atoms with Crippen LogP contribution in [0.15, 0.2) is 42.5 Å². The van der Waals surface area contributed by atoms with Crippen LogP contribution in [-0.4, -0.2) is 26.2 Å². The Hall–Kier alpha value is -2.20. The molecule has 2 aromatic rings. The van der Waals surface area contributed by atoms with Crippen molar-refractivity contribution in [2.75, 3.05) is 20.3 Å². The largest absolute Gasteiger partial charge is 0.496 e. The fourth-order valence-corrected chi connectivity index (χ4v) is 2.30. The lowest BCUT2D eigenvalue weighted by Gasteiger charge is -2.11. The Labute approximate surface area is 141 Å². The molecule has 4 nitrogen and oxygen atoms in total. The zero-order valence-corrected chi connectivity index (χ0v) is 14.0. The van der Waals surface area contributed by atoms with Gasteiger partial charge in [0.2, 0.25) is 0 Å². The van der Waals surface area contributed by atoms with E-state index in [0.717, 1.165) is 16.9 Å². The van der Waals surface area contributed by atoms with Crippen molar-refractivity contribution in [1.29, 1.82) is 0 Å². The topological polar surface area (TPSA) is 47.6 Å². The van der Waals surface area contributed by atoms with Crippen LogP contribution in [0.5, 0.6) is 11.5 Å². The molecule has 0 aliphatic carbocycles. The number of halogens is 1. The number of rotatable bonds is 7. The Morgan fingerprint density at radius 2 is 1.91 bits per heavy atom. The van der Waals surface area contributed by atoms with Crippen LogP contribution in [0.25, 0.3) is 0 Å². The molecule has 2 rings (SSSR count). The first-order valence-corrected chi connectivity index (χ1v) is 7.75. The van der Waals surface area contributed by atoms with Crippen molar-refractivity contribution in [3.05, 3.63) is 58.6 Å². The lowest BCUT2D eigenvalue weighted by molar-refractivity contribution is -0.123. The number of aryl methyl sites for hydroxylation is 1. The molecular formula is C18H20ClNO3. The summed E-state index contributed by atoms with van der Waals surface area (Å²) < 4.78 is 10.7. The van der Waals surface area contributed by atoms with E-state index in [4.69, 9.17) is 21.1 Å². The number of ether oxygens (including phenoxy) is 2. The minimum absolute atomic E-state index is 0.0212. The Morgan fingerprint density at radius 3 is 2.61 bits per heavy atom. The quantitative estimate of drug-likeness (QED) is 0.844. The fraction of sp³-hybridized carbons (Fsp3) is 0.278. The van der Waals surface area contributed by atoms with E-state index < -0.39 is 0 Å². The molecule has 2 aromatic carbocycles. The van der Waals surface area contributed by atoms with Crippen molar-refractivity contribution in [2.45, 2.75) is 13.3 Å². The number of benzene rings is 2. The molecule has 1 N–H and O–H groups in total. The van der Waals surface area contributed by atoms with Gasteiger partial charge in [0, 0.05) is 11.6 Å². The first-order valence-electron chi connectivity index (χ1n) is 7.37.